The van der Waals surface area contributed by atoms with Crippen molar-refractivity contribution in [1.29, 1.82) is 0 Å². The lowest BCUT2D eigenvalue weighted by atomic mass is 10.1. The summed E-state index contributed by atoms with van der Waals surface area (Å²) in [6.45, 7) is 3.98. The third-order valence-electron chi connectivity index (χ3n) is 3.68. The Balaban J connectivity index is 1.59. The van der Waals surface area contributed by atoms with E-state index in [1.165, 1.54) is 42.0 Å². The molecular weight excluding hydrogens is 353 g/mol. The van der Waals surface area contributed by atoms with E-state index in [9.17, 15) is 9.18 Å². The fourth-order valence-electron chi connectivity index (χ4n) is 2.32. The maximum absolute atomic E-state index is 13.3. The molecule has 0 fully saturated rings. The van der Waals surface area contributed by atoms with Crippen LogP contribution < -0.4 is 9.47 Å². The number of ether oxygens (including phenoxy) is 2. The summed E-state index contributed by atoms with van der Waals surface area (Å²) in [6.07, 6.45) is 0. The molecule has 0 aliphatic carbocycles. The number of nitrogens with zero attached hydrogens (tertiary/aromatic N) is 1. The highest BCUT2D eigenvalue weighted by Gasteiger charge is 2.11. The van der Waals surface area contributed by atoms with Crippen molar-refractivity contribution < 1.29 is 18.7 Å². The molecule has 0 radical (unpaired) electrons. The molecular formula is C20H18FNO3S. The summed E-state index contributed by atoms with van der Waals surface area (Å²) in [5, 5.41) is 2.71. The number of rotatable bonds is 7. The van der Waals surface area contributed by atoms with Gasteiger partial charge in [-0.2, -0.15) is 0 Å². The minimum Gasteiger partial charge on any atom is -0.487 e. The number of carbonyl (C=O) groups is 1. The van der Waals surface area contributed by atoms with Crippen LogP contribution in [0.1, 0.15) is 33.5 Å². The molecule has 1 heterocycles. The van der Waals surface area contributed by atoms with Crippen LogP contribution in [0.25, 0.3) is 0 Å². The predicted octanol–water partition coefficient (Wildman–Crippen LogP) is 4.95. The van der Waals surface area contributed by atoms with Crippen LogP contribution in [0.15, 0.2) is 47.8 Å². The van der Waals surface area contributed by atoms with E-state index in [1.54, 1.807) is 0 Å². The van der Waals surface area contributed by atoms with Crippen LogP contribution in [0.5, 0.6) is 11.5 Å². The molecule has 0 aliphatic rings. The van der Waals surface area contributed by atoms with Gasteiger partial charge in [0.25, 0.3) is 0 Å². The monoisotopic (exact) mass is 371 g/mol. The highest BCUT2D eigenvalue weighted by atomic mass is 32.1. The Morgan fingerprint density at radius 1 is 1.12 bits per heavy atom. The number of ketones is 1. The van der Waals surface area contributed by atoms with Crippen LogP contribution in [0.4, 0.5) is 4.39 Å². The Morgan fingerprint density at radius 2 is 1.88 bits per heavy atom. The normalized spacial score (nSPS) is 10.6. The van der Waals surface area contributed by atoms with Gasteiger partial charge in [-0.3, -0.25) is 4.79 Å². The number of hydrogen-bond donors (Lipinski definition) is 0. The van der Waals surface area contributed by atoms with E-state index >= 15 is 0 Å². The van der Waals surface area contributed by atoms with E-state index < -0.39 is 5.82 Å². The van der Waals surface area contributed by atoms with Crippen LogP contribution in [0.2, 0.25) is 0 Å². The van der Waals surface area contributed by atoms with E-state index in [2.05, 4.69) is 4.98 Å². The number of hydrogen-bond acceptors (Lipinski definition) is 5. The van der Waals surface area contributed by atoms with Crippen LogP contribution in [0.3, 0.4) is 0 Å². The first-order chi connectivity index (χ1) is 12.5. The van der Waals surface area contributed by atoms with Crippen LogP contribution in [-0.2, 0) is 13.2 Å². The smallest absolute Gasteiger partial charge is 0.163 e. The molecule has 2 aromatic carbocycles. The summed E-state index contributed by atoms with van der Waals surface area (Å²) in [5.41, 5.74) is 2.14. The maximum Gasteiger partial charge on any atom is 0.163 e. The average molecular weight is 371 g/mol. The fourth-order valence-corrected chi connectivity index (χ4v) is 3.01. The van der Waals surface area contributed by atoms with E-state index in [0.29, 0.717) is 12.4 Å². The Morgan fingerprint density at radius 3 is 2.62 bits per heavy atom. The molecule has 0 bridgehead atoms. The van der Waals surface area contributed by atoms with Crippen molar-refractivity contribution in [2.75, 3.05) is 0 Å². The zero-order valence-corrected chi connectivity index (χ0v) is 15.3. The summed E-state index contributed by atoms with van der Waals surface area (Å²) < 4.78 is 24.6. The first-order valence-corrected chi connectivity index (χ1v) is 8.95. The quantitative estimate of drug-likeness (QED) is 0.551. The van der Waals surface area contributed by atoms with Gasteiger partial charge in [0.15, 0.2) is 5.78 Å². The Hall–Kier alpha value is -2.73. The molecule has 4 nitrogen and oxygen atoms in total. The molecule has 3 rings (SSSR count). The molecule has 0 N–H and O–H groups in total. The first-order valence-electron chi connectivity index (χ1n) is 8.07. The lowest BCUT2D eigenvalue weighted by Crippen LogP contribution is -2.03. The second-order valence-corrected chi connectivity index (χ2v) is 6.76. The SMILES string of the molecule is CC(=O)c1cc(F)ccc1OCc1csc(COc2ccc(C)cc2)n1. The van der Waals surface area contributed by atoms with Gasteiger partial charge < -0.3 is 9.47 Å². The lowest BCUT2D eigenvalue weighted by Gasteiger charge is -2.08. The maximum atomic E-state index is 13.3. The van der Waals surface area contributed by atoms with Crippen molar-refractivity contribution in [3.63, 3.8) is 0 Å². The van der Waals surface area contributed by atoms with Crippen molar-refractivity contribution in [2.24, 2.45) is 0 Å². The summed E-state index contributed by atoms with van der Waals surface area (Å²) in [7, 11) is 0. The van der Waals surface area contributed by atoms with Crippen molar-refractivity contribution in [3.05, 3.63) is 75.5 Å². The second-order valence-electron chi connectivity index (χ2n) is 5.82. The number of thiazole rings is 1. The van der Waals surface area contributed by atoms with Crippen molar-refractivity contribution in [3.8, 4) is 11.5 Å². The van der Waals surface area contributed by atoms with Crippen molar-refractivity contribution in [1.82, 2.24) is 4.98 Å². The molecule has 26 heavy (non-hydrogen) atoms. The Bertz CT molecular complexity index is 906. The van der Waals surface area contributed by atoms with Gasteiger partial charge in [0.2, 0.25) is 0 Å². The van der Waals surface area contributed by atoms with E-state index in [4.69, 9.17) is 9.47 Å². The summed E-state index contributed by atoms with van der Waals surface area (Å²) in [6, 6.07) is 11.7. The van der Waals surface area contributed by atoms with Crippen molar-refractivity contribution in [2.45, 2.75) is 27.1 Å². The number of halogens is 1. The standard InChI is InChI=1S/C20H18FNO3S/c1-13-3-6-17(7-4-13)24-11-20-22-16(12-26-20)10-25-19-8-5-15(21)9-18(19)14(2)23/h3-9,12H,10-11H2,1-2H3. The minimum absolute atomic E-state index is 0.201. The third-order valence-corrected chi connectivity index (χ3v) is 4.55. The Kier molecular flexibility index (Phi) is 5.63. The zero-order valence-electron chi connectivity index (χ0n) is 14.5. The van der Waals surface area contributed by atoms with E-state index in [1.807, 2.05) is 36.6 Å². The summed E-state index contributed by atoms with van der Waals surface area (Å²) in [4.78, 5) is 16.1. The van der Waals surface area contributed by atoms with E-state index in [0.717, 1.165) is 16.5 Å². The number of carbonyl (C=O) groups excluding carboxylic acids is 1. The largest absolute Gasteiger partial charge is 0.487 e. The van der Waals surface area contributed by atoms with Gasteiger partial charge >= 0.3 is 0 Å². The number of Topliss-reactive ketones (excluding diaryl/α,β-unsaturated/α-hetero) is 1. The average Bonchev–Trinajstić information content (AvgIpc) is 3.08. The highest BCUT2D eigenvalue weighted by molar-refractivity contribution is 7.09. The molecule has 0 atom stereocenters. The molecule has 0 aliphatic heterocycles. The van der Waals surface area contributed by atoms with Gasteiger partial charge in [0.1, 0.15) is 35.5 Å². The molecule has 3 aromatic rings. The van der Waals surface area contributed by atoms with Crippen LogP contribution in [0, 0.1) is 12.7 Å². The second kappa shape index (κ2) is 8.10. The molecule has 0 amide bonds. The van der Waals surface area contributed by atoms with Gasteiger partial charge in [0, 0.05) is 5.38 Å². The summed E-state index contributed by atoms with van der Waals surface area (Å²) >= 11 is 1.48. The molecule has 6 heteroatoms. The number of aryl methyl sites for hydroxylation is 1. The van der Waals surface area contributed by atoms with E-state index in [-0.39, 0.29) is 18.0 Å². The van der Waals surface area contributed by atoms with Gasteiger partial charge in [0.05, 0.1) is 11.3 Å². The van der Waals surface area contributed by atoms with Crippen LogP contribution in [-0.4, -0.2) is 10.8 Å². The zero-order chi connectivity index (χ0) is 18.5. The number of aromatic nitrogens is 1. The molecule has 0 spiro atoms. The molecule has 1 aromatic heterocycles. The van der Waals surface area contributed by atoms with Gasteiger partial charge in [-0.25, -0.2) is 9.37 Å². The van der Waals surface area contributed by atoms with Gasteiger partial charge in [-0.1, -0.05) is 17.7 Å². The topological polar surface area (TPSA) is 48.4 Å². The molecule has 134 valence electrons. The van der Waals surface area contributed by atoms with Crippen LogP contribution >= 0.6 is 11.3 Å². The highest BCUT2D eigenvalue weighted by Crippen LogP contribution is 2.22. The fraction of sp³-hybridized carbons (Fsp3) is 0.200. The molecule has 0 saturated heterocycles. The predicted molar refractivity (Wildman–Crippen MR) is 98.4 cm³/mol. The summed E-state index contributed by atoms with van der Waals surface area (Å²) in [5.74, 6) is 0.432. The minimum atomic E-state index is -0.466. The lowest BCUT2D eigenvalue weighted by molar-refractivity contribution is 0.101. The molecule has 0 unspecified atom stereocenters. The van der Waals surface area contributed by atoms with Crippen molar-refractivity contribution >= 4 is 17.1 Å². The van der Waals surface area contributed by atoms with Gasteiger partial charge in [-0.15, -0.1) is 11.3 Å². The Labute approximate surface area is 155 Å². The molecule has 0 saturated carbocycles. The first kappa shape index (κ1) is 18.1. The van der Waals surface area contributed by atoms with Gasteiger partial charge in [-0.05, 0) is 44.2 Å². The number of benzene rings is 2. The third kappa shape index (κ3) is 4.67.